The molecule has 4 rings (SSSR count). The highest BCUT2D eigenvalue weighted by Crippen LogP contribution is 2.32. The molecule has 0 unspecified atom stereocenters. The van der Waals surface area contributed by atoms with E-state index in [4.69, 9.17) is 4.74 Å². The van der Waals surface area contributed by atoms with Crippen LogP contribution >= 0.6 is 0 Å². The molecule has 5 nitrogen and oxygen atoms in total. The Morgan fingerprint density at radius 1 is 1.07 bits per heavy atom. The lowest BCUT2D eigenvalue weighted by Gasteiger charge is -2.38. The normalized spacial score (nSPS) is 19.2. The van der Waals surface area contributed by atoms with Crippen molar-refractivity contribution in [2.24, 2.45) is 0 Å². The average molecular weight is 366 g/mol. The molecule has 5 heteroatoms. The van der Waals surface area contributed by atoms with Crippen LogP contribution in [0.15, 0.2) is 48.5 Å². The second kappa shape index (κ2) is 7.71. The number of hydrogen-bond donors (Lipinski definition) is 2. The summed E-state index contributed by atoms with van der Waals surface area (Å²) in [5.41, 5.74) is 2.33. The van der Waals surface area contributed by atoms with Crippen molar-refractivity contribution >= 4 is 11.6 Å². The molecule has 2 heterocycles. The van der Waals surface area contributed by atoms with Crippen LogP contribution in [0.4, 0.5) is 5.69 Å². The van der Waals surface area contributed by atoms with Gasteiger partial charge < -0.3 is 15.2 Å². The Kier molecular flexibility index (Phi) is 5.14. The van der Waals surface area contributed by atoms with Crippen LogP contribution < -0.4 is 10.1 Å². The highest BCUT2D eigenvalue weighted by atomic mass is 16.5. The molecule has 142 valence electrons. The third-order valence-electron chi connectivity index (χ3n) is 5.65. The molecule has 2 aliphatic heterocycles. The van der Waals surface area contributed by atoms with E-state index in [9.17, 15) is 9.90 Å². The van der Waals surface area contributed by atoms with Crippen molar-refractivity contribution in [2.45, 2.75) is 31.3 Å². The van der Waals surface area contributed by atoms with Crippen molar-refractivity contribution in [1.82, 2.24) is 4.90 Å². The van der Waals surface area contributed by atoms with Crippen LogP contribution in [0.25, 0.3) is 0 Å². The molecule has 2 aromatic carbocycles. The first-order valence-corrected chi connectivity index (χ1v) is 9.68. The van der Waals surface area contributed by atoms with Gasteiger partial charge in [-0.3, -0.25) is 9.69 Å². The Morgan fingerprint density at radius 2 is 1.85 bits per heavy atom. The molecule has 1 fully saturated rings. The number of rotatable bonds is 5. The van der Waals surface area contributed by atoms with E-state index in [2.05, 4.69) is 10.2 Å². The number of hydrogen-bond acceptors (Lipinski definition) is 4. The van der Waals surface area contributed by atoms with Crippen molar-refractivity contribution in [2.75, 3.05) is 31.6 Å². The predicted octanol–water partition coefficient (Wildman–Crippen LogP) is 2.93. The lowest BCUT2D eigenvalue weighted by molar-refractivity contribution is -0.116. The van der Waals surface area contributed by atoms with Crippen LogP contribution in [-0.2, 0) is 16.8 Å². The molecule has 2 aliphatic rings. The summed E-state index contributed by atoms with van der Waals surface area (Å²) < 4.78 is 5.89. The quantitative estimate of drug-likeness (QED) is 0.854. The summed E-state index contributed by atoms with van der Waals surface area (Å²) in [5, 5.41) is 13.8. The highest BCUT2D eigenvalue weighted by Gasteiger charge is 2.33. The van der Waals surface area contributed by atoms with E-state index < -0.39 is 5.60 Å². The molecule has 0 saturated carbocycles. The van der Waals surface area contributed by atoms with Gasteiger partial charge in [0.2, 0.25) is 5.91 Å². The zero-order valence-corrected chi connectivity index (χ0v) is 15.5. The molecule has 27 heavy (non-hydrogen) atoms. The van der Waals surface area contributed by atoms with E-state index in [1.165, 1.54) is 0 Å². The standard InChI is InChI=1S/C22H26N2O3/c25-21-9-7-17-6-8-19(16-20(17)23-21)27-15-14-24-12-10-22(26,11-13-24)18-4-2-1-3-5-18/h1-6,8,16,26H,7,9-15H2,(H,23,25). The maximum atomic E-state index is 11.5. The lowest BCUT2D eigenvalue weighted by atomic mass is 9.84. The van der Waals surface area contributed by atoms with E-state index in [0.717, 1.165) is 61.5 Å². The molecular weight excluding hydrogens is 340 g/mol. The minimum absolute atomic E-state index is 0.0684. The van der Waals surface area contributed by atoms with E-state index in [1.54, 1.807) is 0 Å². The number of amides is 1. The Morgan fingerprint density at radius 3 is 2.63 bits per heavy atom. The Hall–Kier alpha value is -2.37. The Labute approximate surface area is 160 Å². The molecule has 1 amide bonds. The zero-order chi connectivity index (χ0) is 18.7. The van der Waals surface area contributed by atoms with E-state index in [-0.39, 0.29) is 5.91 Å². The molecule has 0 aromatic heterocycles. The van der Waals surface area contributed by atoms with Crippen LogP contribution in [0.2, 0.25) is 0 Å². The van der Waals surface area contributed by atoms with Crippen molar-refractivity contribution in [3.05, 3.63) is 59.7 Å². The molecule has 0 radical (unpaired) electrons. The smallest absolute Gasteiger partial charge is 0.224 e. The van der Waals surface area contributed by atoms with Crippen LogP contribution in [-0.4, -0.2) is 42.2 Å². The van der Waals surface area contributed by atoms with Gasteiger partial charge in [0.1, 0.15) is 12.4 Å². The maximum absolute atomic E-state index is 11.5. The number of aryl methyl sites for hydroxylation is 1. The minimum atomic E-state index is -0.713. The third kappa shape index (κ3) is 4.15. The van der Waals surface area contributed by atoms with Crippen molar-refractivity contribution in [3.8, 4) is 5.75 Å². The average Bonchev–Trinajstić information content (AvgIpc) is 2.70. The maximum Gasteiger partial charge on any atom is 0.224 e. The number of benzene rings is 2. The van der Waals surface area contributed by atoms with E-state index in [0.29, 0.717) is 13.0 Å². The second-order valence-corrected chi connectivity index (χ2v) is 7.45. The van der Waals surface area contributed by atoms with Gasteiger partial charge in [-0.2, -0.15) is 0 Å². The molecule has 0 atom stereocenters. The molecule has 2 N–H and O–H groups in total. The second-order valence-electron chi connectivity index (χ2n) is 7.45. The fourth-order valence-electron chi connectivity index (χ4n) is 3.92. The molecule has 2 aromatic rings. The number of nitrogens with one attached hydrogen (secondary N) is 1. The summed E-state index contributed by atoms with van der Waals surface area (Å²) in [4.78, 5) is 13.9. The van der Waals surface area contributed by atoms with E-state index in [1.807, 2.05) is 48.5 Å². The van der Waals surface area contributed by atoms with Gasteiger partial charge in [0.25, 0.3) is 0 Å². The number of anilines is 1. The van der Waals surface area contributed by atoms with Crippen LogP contribution in [0.3, 0.4) is 0 Å². The van der Waals surface area contributed by atoms with Gasteiger partial charge in [0.05, 0.1) is 5.60 Å². The van der Waals surface area contributed by atoms with Crippen LogP contribution in [0.1, 0.15) is 30.4 Å². The van der Waals surface area contributed by atoms with Gasteiger partial charge in [-0.05, 0) is 36.5 Å². The summed E-state index contributed by atoms with van der Waals surface area (Å²) in [5.74, 6) is 0.854. The molecule has 0 aliphatic carbocycles. The number of carbonyl (C=O) groups is 1. The van der Waals surface area contributed by atoms with Crippen LogP contribution in [0, 0.1) is 0 Å². The SMILES string of the molecule is O=C1CCc2ccc(OCCN3CCC(O)(c4ccccc4)CC3)cc2N1. The fourth-order valence-corrected chi connectivity index (χ4v) is 3.92. The first-order valence-electron chi connectivity index (χ1n) is 9.68. The molecule has 0 spiro atoms. The minimum Gasteiger partial charge on any atom is -0.492 e. The summed E-state index contributed by atoms with van der Waals surface area (Å²) in [6.45, 7) is 3.13. The third-order valence-corrected chi connectivity index (χ3v) is 5.65. The summed E-state index contributed by atoms with van der Waals surface area (Å²) in [7, 11) is 0. The van der Waals surface area contributed by atoms with Crippen molar-refractivity contribution < 1.29 is 14.6 Å². The van der Waals surface area contributed by atoms with Gasteiger partial charge >= 0.3 is 0 Å². The molecule has 0 bridgehead atoms. The van der Waals surface area contributed by atoms with Gasteiger partial charge in [-0.1, -0.05) is 36.4 Å². The lowest BCUT2D eigenvalue weighted by Crippen LogP contribution is -2.43. The number of nitrogens with zero attached hydrogens (tertiary/aromatic N) is 1. The summed E-state index contributed by atoms with van der Waals surface area (Å²) in [6.07, 6.45) is 2.82. The number of fused-ring (bicyclic) bond motifs is 1. The van der Waals surface area contributed by atoms with Crippen molar-refractivity contribution in [3.63, 3.8) is 0 Å². The van der Waals surface area contributed by atoms with Gasteiger partial charge in [0.15, 0.2) is 0 Å². The first kappa shape index (κ1) is 18.0. The predicted molar refractivity (Wildman–Crippen MR) is 105 cm³/mol. The number of ether oxygens (including phenoxy) is 1. The molecule has 1 saturated heterocycles. The van der Waals surface area contributed by atoms with Crippen LogP contribution in [0.5, 0.6) is 5.75 Å². The fraction of sp³-hybridized carbons (Fsp3) is 0.409. The Balaban J connectivity index is 1.26. The number of carbonyl (C=O) groups excluding carboxylic acids is 1. The topological polar surface area (TPSA) is 61.8 Å². The number of aliphatic hydroxyl groups is 1. The van der Waals surface area contributed by atoms with Crippen molar-refractivity contribution in [1.29, 1.82) is 0 Å². The molecular formula is C22H26N2O3. The summed E-state index contributed by atoms with van der Waals surface area (Å²) >= 11 is 0. The Bertz CT molecular complexity index is 798. The van der Waals surface area contributed by atoms with Gasteiger partial charge in [-0.25, -0.2) is 0 Å². The van der Waals surface area contributed by atoms with E-state index >= 15 is 0 Å². The number of likely N-dealkylation sites (tertiary alicyclic amines) is 1. The zero-order valence-electron chi connectivity index (χ0n) is 15.5. The summed E-state index contributed by atoms with van der Waals surface area (Å²) in [6, 6.07) is 15.9. The van der Waals surface area contributed by atoms with Gasteiger partial charge in [-0.15, -0.1) is 0 Å². The van der Waals surface area contributed by atoms with Gasteiger partial charge in [0, 0.05) is 37.8 Å². The first-order chi connectivity index (χ1) is 13.1. The monoisotopic (exact) mass is 366 g/mol. The highest BCUT2D eigenvalue weighted by molar-refractivity contribution is 5.94. The largest absolute Gasteiger partial charge is 0.492 e. The number of piperidine rings is 1.